The van der Waals surface area contributed by atoms with Gasteiger partial charge in [-0.2, -0.15) is 4.98 Å². The van der Waals surface area contributed by atoms with E-state index in [2.05, 4.69) is 15.3 Å². The second kappa shape index (κ2) is 4.41. The van der Waals surface area contributed by atoms with Gasteiger partial charge in [0.1, 0.15) is 5.82 Å². The molecule has 0 bridgehead atoms. The second-order valence-electron chi connectivity index (χ2n) is 3.14. The molecular formula is C9H13N5S. The van der Waals surface area contributed by atoms with Crippen LogP contribution in [0.2, 0.25) is 0 Å². The van der Waals surface area contributed by atoms with E-state index in [-0.39, 0.29) is 0 Å². The molecule has 0 aliphatic carbocycles. The number of aromatic nitrogens is 2. The first-order valence-electron chi connectivity index (χ1n) is 4.76. The minimum atomic E-state index is 0.533. The number of anilines is 2. The smallest absolute Gasteiger partial charge is 0.225 e. The molecule has 0 radical (unpaired) electrons. The third-order valence-electron chi connectivity index (χ3n) is 1.99. The van der Waals surface area contributed by atoms with E-state index in [4.69, 9.17) is 11.5 Å². The predicted molar refractivity (Wildman–Crippen MR) is 64.0 cm³/mol. The minimum Gasteiger partial charge on any atom is -0.382 e. The van der Waals surface area contributed by atoms with Gasteiger partial charge in [0.05, 0.1) is 10.2 Å². The summed E-state index contributed by atoms with van der Waals surface area (Å²) in [7, 11) is 0. The lowest BCUT2D eigenvalue weighted by Gasteiger charge is -2.04. The van der Waals surface area contributed by atoms with Crippen molar-refractivity contribution in [3.8, 4) is 0 Å². The fraction of sp³-hybridized carbons (Fsp3) is 0.333. The highest BCUT2D eigenvalue weighted by molar-refractivity contribution is 7.17. The molecule has 6 heteroatoms. The molecule has 5 nitrogen and oxygen atoms in total. The van der Waals surface area contributed by atoms with Crippen LogP contribution in [-0.4, -0.2) is 23.1 Å². The number of nitrogens with two attached hydrogens (primary N) is 2. The number of thiophene rings is 1. The summed E-state index contributed by atoms with van der Waals surface area (Å²) in [6.45, 7) is 1.43. The van der Waals surface area contributed by atoms with Crippen molar-refractivity contribution in [2.24, 2.45) is 5.73 Å². The Bertz CT molecular complexity index is 453. The zero-order chi connectivity index (χ0) is 10.7. The van der Waals surface area contributed by atoms with E-state index in [0.717, 1.165) is 23.2 Å². The Morgan fingerprint density at radius 3 is 3.07 bits per heavy atom. The lowest BCUT2D eigenvalue weighted by Crippen LogP contribution is -2.11. The van der Waals surface area contributed by atoms with E-state index in [1.54, 1.807) is 11.3 Å². The van der Waals surface area contributed by atoms with Crippen molar-refractivity contribution in [2.45, 2.75) is 6.42 Å². The van der Waals surface area contributed by atoms with Gasteiger partial charge in [-0.05, 0) is 24.4 Å². The Labute approximate surface area is 91.5 Å². The molecule has 0 aliphatic heterocycles. The van der Waals surface area contributed by atoms with Gasteiger partial charge in [0.15, 0.2) is 0 Å². The van der Waals surface area contributed by atoms with Crippen molar-refractivity contribution in [3.05, 3.63) is 11.4 Å². The van der Waals surface area contributed by atoms with Gasteiger partial charge in [-0.1, -0.05) is 0 Å². The third-order valence-corrected chi connectivity index (χ3v) is 2.92. The quantitative estimate of drug-likeness (QED) is 0.674. The monoisotopic (exact) mass is 223 g/mol. The summed E-state index contributed by atoms with van der Waals surface area (Å²) < 4.78 is 0.944. The van der Waals surface area contributed by atoms with Gasteiger partial charge in [-0.15, -0.1) is 11.3 Å². The molecule has 0 aromatic carbocycles. The maximum Gasteiger partial charge on any atom is 0.225 e. The first-order chi connectivity index (χ1) is 7.31. The maximum atomic E-state index is 5.80. The van der Waals surface area contributed by atoms with Crippen LogP contribution in [0.4, 0.5) is 11.8 Å². The highest BCUT2D eigenvalue weighted by Gasteiger charge is 2.05. The molecule has 80 valence electrons. The summed E-state index contributed by atoms with van der Waals surface area (Å²) in [6.07, 6.45) is 0.894. The Morgan fingerprint density at radius 2 is 2.27 bits per heavy atom. The van der Waals surface area contributed by atoms with Crippen LogP contribution in [0.3, 0.4) is 0 Å². The van der Waals surface area contributed by atoms with Crippen molar-refractivity contribution < 1.29 is 0 Å². The van der Waals surface area contributed by atoms with E-state index < -0.39 is 0 Å². The molecule has 2 aromatic rings. The van der Waals surface area contributed by atoms with Crippen LogP contribution >= 0.6 is 11.3 Å². The summed E-state index contributed by atoms with van der Waals surface area (Å²) in [4.78, 5) is 8.51. The van der Waals surface area contributed by atoms with Gasteiger partial charge in [-0.3, -0.25) is 0 Å². The van der Waals surface area contributed by atoms with E-state index in [0.29, 0.717) is 18.3 Å². The first kappa shape index (κ1) is 10.1. The average molecular weight is 223 g/mol. The largest absolute Gasteiger partial charge is 0.382 e. The molecule has 15 heavy (non-hydrogen) atoms. The number of nitrogen functional groups attached to an aromatic ring is 1. The van der Waals surface area contributed by atoms with Gasteiger partial charge in [0, 0.05) is 6.54 Å². The third kappa shape index (κ3) is 2.16. The van der Waals surface area contributed by atoms with Crippen LogP contribution in [0.1, 0.15) is 6.42 Å². The van der Waals surface area contributed by atoms with Gasteiger partial charge in [-0.25, -0.2) is 4.98 Å². The molecule has 5 N–H and O–H groups in total. The van der Waals surface area contributed by atoms with Gasteiger partial charge >= 0.3 is 0 Å². The van der Waals surface area contributed by atoms with Crippen LogP contribution in [0.15, 0.2) is 11.4 Å². The molecule has 0 atom stereocenters. The van der Waals surface area contributed by atoms with E-state index >= 15 is 0 Å². The van der Waals surface area contributed by atoms with Crippen molar-refractivity contribution in [2.75, 3.05) is 24.1 Å². The minimum absolute atomic E-state index is 0.533. The number of nitrogens with one attached hydrogen (secondary N) is 1. The molecule has 2 heterocycles. The Morgan fingerprint density at radius 1 is 1.40 bits per heavy atom. The Hall–Kier alpha value is -1.40. The molecule has 0 saturated heterocycles. The zero-order valence-corrected chi connectivity index (χ0v) is 9.05. The molecule has 0 amide bonds. The number of rotatable bonds is 4. The summed E-state index contributed by atoms with van der Waals surface area (Å²) in [5.41, 5.74) is 12.1. The maximum absolute atomic E-state index is 5.80. The Balaban J connectivity index is 2.21. The zero-order valence-electron chi connectivity index (χ0n) is 8.23. The van der Waals surface area contributed by atoms with Crippen molar-refractivity contribution >= 4 is 33.3 Å². The number of fused-ring (bicyclic) bond motifs is 1. The second-order valence-corrected chi connectivity index (χ2v) is 4.05. The molecule has 0 aliphatic rings. The summed E-state index contributed by atoms with van der Waals surface area (Å²) in [5, 5.41) is 5.05. The van der Waals surface area contributed by atoms with Crippen LogP contribution in [0.25, 0.3) is 10.2 Å². The number of hydrogen-bond donors (Lipinski definition) is 3. The standard InChI is InChI=1S/C9H13N5S/c10-3-1-4-12-9-13-6-2-5-15-7(6)8(11)14-9/h2,5H,1,3-4,10H2,(H3,11,12,13,14). The molecule has 0 fully saturated rings. The lowest BCUT2D eigenvalue weighted by atomic mass is 10.4. The van der Waals surface area contributed by atoms with Crippen LogP contribution in [0, 0.1) is 0 Å². The molecule has 2 aromatic heterocycles. The molecule has 2 rings (SSSR count). The van der Waals surface area contributed by atoms with Gasteiger partial charge in [0.25, 0.3) is 0 Å². The highest BCUT2D eigenvalue weighted by Crippen LogP contribution is 2.24. The van der Waals surface area contributed by atoms with Crippen molar-refractivity contribution in [1.29, 1.82) is 0 Å². The van der Waals surface area contributed by atoms with Crippen LogP contribution in [-0.2, 0) is 0 Å². The molecular weight excluding hydrogens is 210 g/mol. The van der Waals surface area contributed by atoms with Crippen LogP contribution in [0.5, 0.6) is 0 Å². The highest BCUT2D eigenvalue weighted by atomic mass is 32.1. The summed E-state index contributed by atoms with van der Waals surface area (Å²) in [6, 6.07) is 1.94. The van der Waals surface area contributed by atoms with E-state index in [1.807, 2.05) is 11.4 Å². The van der Waals surface area contributed by atoms with Crippen molar-refractivity contribution in [3.63, 3.8) is 0 Å². The van der Waals surface area contributed by atoms with Crippen molar-refractivity contribution in [1.82, 2.24) is 9.97 Å². The average Bonchev–Trinajstić information content (AvgIpc) is 2.66. The molecule has 0 saturated carbocycles. The SMILES string of the molecule is NCCCNc1nc(N)c2sccc2n1. The van der Waals surface area contributed by atoms with Gasteiger partial charge in [0.2, 0.25) is 5.95 Å². The van der Waals surface area contributed by atoms with E-state index in [1.165, 1.54) is 0 Å². The Kier molecular flexibility index (Phi) is 2.98. The normalized spacial score (nSPS) is 10.7. The summed E-state index contributed by atoms with van der Waals surface area (Å²) >= 11 is 1.55. The summed E-state index contributed by atoms with van der Waals surface area (Å²) in [5.74, 6) is 1.11. The van der Waals surface area contributed by atoms with Crippen LogP contribution < -0.4 is 16.8 Å². The molecule has 0 unspecified atom stereocenters. The van der Waals surface area contributed by atoms with E-state index in [9.17, 15) is 0 Å². The fourth-order valence-electron chi connectivity index (χ4n) is 1.27. The predicted octanol–water partition coefficient (Wildman–Crippen LogP) is 1.03. The fourth-order valence-corrected chi connectivity index (χ4v) is 2.00. The van der Waals surface area contributed by atoms with Gasteiger partial charge < -0.3 is 16.8 Å². The number of hydrogen-bond acceptors (Lipinski definition) is 6. The molecule has 0 spiro atoms. The number of nitrogens with zero attached hydrogens (tertiary/aromatic N) is 2. The lowest BCUT2D eigenvalue weighted by molar-refractivity contribution is 0.866. The first-order valence-corrected chi connectivity index (χ1v) is 5.64. The topological polar surface area (TPSA) is 89.8 Å².